The van der Waals surface area contributed by atoms with Gasteiger partial charge in [0.25, 0.3) is 0 Å². The Balaban J connectivity index is 1.81. The second-order valence-electron chi connectivity index (χ2n) is 4.56. The van der Waals surface area contributed by atoms with E-state index in [0.717, 1.165) is 17.7 Å². The molecule has 1 saturated heterocycles. The molecule has 0 spiro atoms. The van der Waals surface area contributed by atoms with Gasteiger partial charge in [-0.3, -0.25) is 4.98 Å². The average molecular weight is 236 g/mol. The predicted octanol–water partition coefficient (Wildman–Crippen LogP) is 1.44. The lowest BCUT2D eigenvalue weighted by molar-refractivity contribution is 0.224. The number of hydrogen-bond donors (Lipinski definition) is 1. The van der Waals surface area contributed by atoms with Gasteiger partial charge in [0.15, 0.2) is 0 Å². The lowest BCUT2D eigenvalue weighted by Crippen LogP contribution is -2.26. The van der Waals surface area contributed by atoms with Crippen LogP contribution in [0.4, 0.5) is 0 Å². The molecule has 1 unspecified atom stereocenters. The summed E-state index contributed by atoms with van der Waals surface area (Å²) in [6.45, 7) is 1.88. The maximum atomic E-state index is 9.14. The summed E-state index contributed by atoms with van der Waals surface area (Å²) in [5, 5.41) is 9.14. The summed E-state index contributed by atoms with van der Waals surface area (Å²) >= 11 is 0. The molecule has 2 heterocycles. The fourth-order valence-electron chi connectivity index (χ4n) is 2.32. The van der Waals surface area contributed by atoms with E-state index in [9.17, 15) is 0 Å². The summed E-state index contributed by atoms with van der Waals surface area (Å²) in [6.07, 6.45) is 6.94. The van der Waals surface area contributed by atoms with Crippen molar-refractivity contribution in [3.05, 3.63) is 24.0 Å². The third kappa shape index (κ3) is 3.17. The highest BCUT2D eigenvalue weighted by molar-refractivity contribution is 5.29. The van der Waals surface area contributed by atoms with E-state index in [4.69, 9.17) is 9.84 Å². The van der Waals surface area contributed by atoms with Gasteiger partial charge in [-0.2, -0.15) is 0 Å². The highest BCUT2D eigenvalue weighted by atomic mass is 16.5. The molecule has 94 valence electrons. The molecule has 0 aromatic carbocycles. The molecule has 1 N–H and O–H groups in total. The Morgan fingerprint density at radius 2 is 2.47 bits per heavy atom. The van der Waals surface area contributed by atoms with Crippen LogP contribution in [0.2, 0.25) is 0 Å². The Hall–Kier alpha value is -1.13. The molecule has 0 saturated carbocycles. The molecular formula is C13H20N2O2. The van der Waals surface area contributed by atoms with Crippen LogP contribution < -0.4 is 4.74 Å². The number of ether oxygens (including phenoxy) is 1. The Kier molecular flexibility index (Phi) is 4.34. The molecule has 4 nitrogen and oxygen atoms in total. The molecule has 1 aliphatic heterocycles. The van der Waals surface area contributed by atoms with Crippen LogP contribution in [0.25, 0.3) is 0 Å². The molecule has 0 aliphatic carbocycles. The monoisotopic (exact) mass is 236 g/mol. The normalized spacial score (nSPS) is 20.7. The molecule has 2 rings (SSSR count). The Morgan fingerprint density at radius 3 is 3.18 bits per heavy atom. The minimum atomic E-state index is -0.0213. The van der Waals surface area contributed by atoms with Crippen molar-refractivity contribution in [2.45, 2.75) is 31.9 Å². The molecule has 4 heteroatoms. The molecule has 1 aliphatic rings. The summed E-state index contributed by atoms with van der Waals surface area (Å²) < 4.78 is 5.71. The van der Waals surface area contributed by atoms with Crippen molar-refractivity contribution in [2.24, 2.45) is 0 Å². The van der Waals surface area contributed by atoms with Crippen LogP contribution in [0.15, 0.2) is 18.5 Å². The van der Waals surface area contributed by atoms with E-state index < -0.39 is 0 Å². The topological polar surface area (TPSA) is 45.6 Å². The van der Waals surface area contributed by atoms with Crippen LogP contribution in [-0.2, 0) is 6.61 Å². The second-order valence-corrected chi connectivity index (χ2v) is 4.56. The number of nitrogens with zero attached hydrogens (tertiary/aromatic N) is 2. The van der Waals surface area contributed by atoms with Gasteiger partial charge in [0.05, 0.1) is 13.2 Å². The van der Waals surface area contributed by atoms with Gasteiger partial charge in [-0.05, 0) is 38.9 Å². The number of aromatic nitrogens is 1. The van der Waals surface area contributed by atoms with Crippen LogP contribution >= 0.6 is 0 Å². The van der Waals surface area contributed by atoms with Gasteiger partial charge in [-0.25, -0.2) is 0 Å². The minimum Gasteiger partial charge on any atom is -0.493 e. The van der Waals surface area contributed by atoms with Gasteiger partial charge in [0.2, 0.25) is 0 Å². The number of hydrogen-bond acceptors (Lipinski definition) is 4. The van der Waals surface area contributed by atoms with Crippen molar-refractivity contribution >= 4 is 0 Å². The van der Waals surface area contributed by atoms with Crippen LogP contribution in [0.1, 0.15) is 24.8 Å². The first-order chi connectivity index (χ1) is 8.31. The van der Waals surface area contributed by atoms with Gasteiger partial charge in [-0.15, -0.1) is 0 Å². The first-order valence-corrected chi connectivity index (χ1v) is 6.18. The lowest BCUT2D eigenvalue weighted by atomic mass is 10.1. The van der Waals surface area contributed by atoms with E-state index in [1.165, 1.54) is 19.4 Å². The summed E-state index contributed by atoms with van der Waals surface area (Å²) in [7, 11) is 2.17. The van der Waals surface area contributed by atoms with E-state index >= 15 is 0 Å². The van der Waals surface area contributed by atoms with Crippen LogP contribution in [0.3, 0.4) is 0 Å². The van der Waals surface area contributed by atoms with Crippen LogP contribution in [-0.4, -0.2) is 41.2 Å². The summed E-state index contributed by atoms with van der Waals surface area (Å²) in [5.41, 5.74) is 0.757. The fraction of sp³-hybridized carbons (Fsp3) is 0.615. The van der Waals surface area contributed by atoms with Crippen LogP contribution in [0.5, 0.6) is 5.75 Å². The number of aliphatic hydroxyl groups is 1. The molecule has 1 atom stereocenters. The number of pyridine rings is 1. The highest BCUT2D eigenvalue weighted by Gasteiger charge is 2.20. The number of aliphatic hydroxyl groups excluding tert-OH is 1. The highest BCUT2D eigenvalue weighted by Crippen LogP contribution is 2.20. The van der Waals surface area contributed by atoms with Gasteiger partial charge in [0.1, 0.15) is 5.75 Å². The average Bonchev–Trinajstić information content (AvgIpc) is 2.76. The van der Waals surface area contributed by atoms with Crippen molar-refractivity contribution in [1.82, 2.24) is 9.88 Å². The SMILES string of the molecule is CN1CCCC1CCOc1ccncc1CO. The van der Waals surface area contributed by atoms with Gasteiger partial charge >= 0.3 is 0 Å². The summed E-state index contributed by atoms with van der Waals surface area (Å²) in [4.78, 5) is 6.36. The smallest absolute Gasteiger partial charge is 0.127 e. The van der Waals surface area contributed by atoms with Crippen molar-refractivity contribution in [3.8, 4) is 5.75 Å². The molecule has 0 bridgehead atoms. The molecular weight excluding hydrogens is 216 g/mol. The van der Waals surface area contributed by atoms with Crippen molar-refractivity contribution in [2.75, 3.05) is 20.2 Å². The lowest BCUT2D eigenvalue weighted by Gasteiger charge is -2.19. The van der Waals surface area contributed by atoms with Crippen LogP contribution in [0, 0.1) is 0 Å². The maximum Gasteiger partial charge on any atom is 0.127 e. The second kappa shape index (κ2) is 5.98. The van der Waals surface area contributed by atoms with Gasteiger partial charge < -0.3 is 14.7 Å². The standard InChI is InChI=1S/C13H20N2O2/c1-15-7-2-3-12(15)5-8-17-13-4-6-14-9-11(13)10-16/h4,6,9,12,16H,2-3,5,7-8,10H2,1H3. The van der Waals surface area contributed by atoms with Crippen molar-refractivity contribution in [1.29, 1.82) is 0 Å². The number of likely N-dealkylation sites (tertiary alicyclic amines) is 1. The minimum absolute atomic E-state index is 0.0213. The fourth-order valence-corrected chi connectivity index (χ4v) is 2.32. The summed E-state index contributed by atoms with van der Waals surface area (Å²) in [5.74, 6) is 0.753. The largest absolute Gasteiger partial charge is 0.493 e. The molecule has 1 aromatic heterocycles. The summed E-state index contributed by atoms with van der Waals surface area (Å²) in [6, 6.07) is 2.46. The zero-order valence-electron chi connectivity index (χ0n) is 10.3. The first kappa shape index (κ1) is 12.3. The molecule has 1 fully saturated rings. The third-order valence-electron chi connectivity index (χ3n) is 3.41. The molecule has 1 aromatic rings. The van der Waals surface area contributed by atoms with E-state index in [-0.39, 0.29) is 6.61 Å². The van der Waals surface area contributed by atoms with E-state index in [2.05, 4.69) is 16.9 Å². The Morgan fingerprint density at radius 1 is 1.59 bits per heavy atom. The maximum absolute atomic E-state index is 9.14. The van der Waals surface area contributed by atoms with Crippen molar-refractivity contribution < 1.29 is 9.84 Å². The number of rotatable bonds is 5. The third-order valence-corrected chi connectivity index (χ3v) is 3.41. The van der Waals surface area contributed by atoms with E-state index in [1.807, 2.05) is 6.07 Å². The molecule has 0 amide bonds. The van der Waals surface area contributed by atoms with E-state index in [1.54, 1.807) is 12.4 Å². The van der Waals surface area contributed by atoms with E-state index in [0.29, 0.717) is 12.6 Å². The van der Waals surface area contributed by atoms with Gasteiger partial charge in [0, 0.05) is 24.0 Å². The zero-order chi connectivity index (χ0) is 12.1. The predicted molar refractivity (Wildman–Crippen MR) is 65.9 cm³/mol. The quantitative estimate of drug-likeness (QED) is 0.840. The Labute approximate surface area is 102 Å². The molecule has 0 radical (unpaired) electrons. The van der Waals surface area contributed by atoms with Gasteiger partial charge in [-0.1, -0.05) is 0 Å². The Bertz CT molecular complexity index is 357. The zero-order valence-corrected chi connectivity index (χ0v) is 10.3. The molecule has 17 heavy (non-hydrogen) atoms. The first-order valence-electron chi connectivity index (χ1n) is 6.18. The van der Waals surface area contributed by atoms with Crippen molar-refractivity contribution in [3.63, 3.8) is 0 Å².